The topological polar surface area (TPSA) is 26.3 Å². The molecule has 0 aromatic heterocycles. The van der Waals surface area contributed by atoms with Gasteiger partial charge >= 0.3 is 5.97 Å². The van der Waals surface area contributed by atoms with Gasteiger partial charge in [0.2, 0.25) is 0 Å². The maximum Gasteiger partial charge on any atom is 0.333 e. The molecule has 0 saturated heterocycles. The fraction of sp³-hybridized carbons (Fsp3) is 0.722. The Hall–Kier alpha value is -1.05. The summed E-state index contributed by atoms with van der Waals surface area (Å²) in [4.78, 5) is 12.0. The smallest absolute Gasteiger partial charge is 0.333 e. The molecule has 4 bridgehead atoms. The van der Waals surface area contributed by atoms with Crippen LogP contribution in [0.2, 0.25) is 0 Å². The SMILES string of the molecule is C=C(C)C(=O)OC1(C)CC2C3C4C=CC(C4)C3C1[C@@H]2C. The first-order chi connectivity index (χ1) is 9.42. The van der Waals surface area contributed by atoms with Crippen molar-refractivity contribution in [2.75, 3.05) is 0 Å². The molecule has 0 radical (unpaired) electrons. The van der Waals surface area contributed by atoms with Crippen LogP contribution in [0, 0.1) is 41.4 Å². The van der Waals surface area contributed by atoms with Gasteiger partial charge in [0.05, 0.1) is 0 Å². The lowest BCUT2D eigenvalue weighted by Crippen LogP contribution is -2.45. The summed E-state index contributed by atoms with van der Waals surface area (Å²) in [5.74, 6) is 4.94. The molecule has 4 aliphatic rings. The molecule has 4 rings (SSSR count). The Morgan fingerprint density at radius 1 is 1.30 bits per heavy atom. The van der Waals surface area contributed by atoms with Gasteiger partial charge in [0.15, 0.2) is 0 Å². The summed E-state index contributed by atoms with van der Waals surface area (Å²) in [6.07, 6.45) is 7.28. The summed E-state index contributed by atoms with van der Waals surface area (Å²) in [7, 11) is 0. The largest absolute Gasteiger partial charge is 0.456 e. The van der Waals surface area contributed by atoms with Gasteiger partial charge < -0.3 is 4.74 Å². The number of carbonyl (C=O) groups is 1. The number of hydrogen-bond donors (Lipinski definition) is 0. The second-order valence-electron chi connectivity index (χ2n) is 7.84. The van der Waals surface area contributed by atoms with Crippen molar-refractivity contribution < 1.29 is 9.53 Å². The number of allylic oxidation sites excluding steroid dienone is 2. The highest BCUT2D eigenvalue weighted by Gasteiger charge is 2.69. The maximum absolute atomic E-state index is 12.0. The van der Waals surface area contributed by atoms with Crippen molar-refractivity contribution in [3.63, 3.8) is 0 Å². The van der Waals surface area contributed by atoms with Gasteiger partial charge in [-0.15, -0.1) is 0 Å². The minimum atomic E-state index is -0.264. The highest BCUT2D eigenvalue weighted by Crippen LogP contribution is 2.70. The Morgan fingerprint density at radius 3 is 2.60 bits per heavy atom. The molecule has 0 heterocycles. The fourth-order valence-corrected chi connectivity index (χ4v) is 6.27. The summed E-state index contributed by atoms with van der Waals surface area (Å²) in [5, 5.41) is 0. The van der Waals surface area contributed by atoms with Crippen LogP contribution in [-0.4, -0.2) is 11.6 Å². The van der Waals surface area contributed by atoms with E-state index < -0.39 is 0 Å². The molecule has 0 aliphatic heterocycles. The van der Waals surface area contributed by atoms with Crippen molar-refractivity contribution in [1.82, 2.24) is 0 Å². The van der Waals surface area contributed by atoms with Gasteiger partial charge in [-0.3, -0.25) is 0 Å². The van der Waals surface area contributed by atoms with Crippen molar-refractivity contribution >= 4 is 5.97 Å². The summed E-state index contributed by atoms with van der Waals surface area (Å²) in [5.41, 5.74) is 0.255. The first kappa shape index (κ1) is 12.7. The number of fused-ring (bicyclic) bond motifs is 9. The number of ether oxygens (including phenoxy) is 1. The lowest BCUT2D eigenvalue weighted by atomic mass is 9.68. The van der Waals surface area contributed by atoms with E-state index in [-0.39, 0.29) is 11.6 Å². The third kappa shape index (κ3) is 1.38. The average molecular weight is 272 g/mol. The summed E-state index contributed by atoms with van der Waals surface area (Å²) in [6, 6.07) is 0. The summed E-state index contributed by atoms with van der Waals surface area (Å²) < 4.78 is 5.92. The molecular weight excluding hydrogens is 248 g/mol. The molecule has 0 aromatic rings. The van der Waals surface area contributed by atoms with Gasteiger partial charge in [-0.2, -0.15) is 0 Å². The number of carbonyl (C=O) groups excluding carboxylic acids is 1. The van der Waals surface area contributed by atoms with E-state index in [1.807, 2.05) is 0 Å². The standard InChI is InChI=1S/C18H24O2/c1-9(2)17(19)20-18(4)8-13-10(3)16(18)15-12-6-5-11(7-12)14(13)15/h5-6,10-16H,1,7-8H2,2-4H3/t10-,11?,12?,13?,14?,15?,16?,18?/m1/s1. The number of esters is 1. The zero-order valence-corrected chi connectivity index (χ0v) is 12.6. The second-order valence-corrected chi connectivity index (χ2v) is 7.84. The molecule has 7 unspecified atom stereocenters. The van der Waals surface area contributed by atoms with E-state index in [1.165, 1.54) is 6.42 Å². The van der Waals surface area contributed by atoms with Gasteiger partial charge in [-0.05, 0) is 62.2 Å². The molecule has 0 amide bonds. The third-order valence-electron chi connectivity index (χ3n) is 6.75. The Bertz CT molecular complexity index is 520. The van der Waals surface area contributed by atoms with Gasteiger partial charge in [-0.25, -0.2) is 4.79 Å². The van der Waals surface area contributed by atoms with Gasteiger partial charge in [-0.1, -0.05) is 25.7 Å². The first-order valence-corrected chi connectivity index (χ1v) is 7.99. The molecule has 0 spiro atoms. The minimum Gasteiger partial charge on any atom is -0.456 e. The molecule has 2 heteroatoms. The second kappa shape index (κ2) is 3.78. The molecule has 3 saturated carbocycles. The quantitative estimate of drug-likeness (QED) is 0.332. The van der Waals surface area contributed by atoms with Crippen molar-refractivity contribution in [3.05, 3.63) is 24.3 Å². The normalized spacial score (nSPS) is 54.2. The van der Waals surface area contributed by atoms with Crippen LogP contribution >= 0.6 is 0 Å². The Morgan fingerprint density at radius 2 is 1.95 bits per heavy atom. The Balaban J connectivity index is 1.65. The van der Waals surface area contributed by atoms with Crippen molar-refractivity contribution in [3.8, 4) is 0 Å². The van der Waals surface area contributed by atoms with Gasteiger partial charge in [0.25, 0.3) is 0 Å². The highest BCUT2D eigenvalue weighted by atomic mass is 16.6. The van der Waals surface area contributed by atoms with Crippen molar-refractivity contribution in [1.29, 1.82) is 0 Å². The zero-order valence-electron chi connectivity index (χ0n) is 12.6. The monoisotopic (exact) mass is 272 g/mol. The minimum absolute atomic E-state index is 0.206. The van der Waals surface area contributed by atoms with E-state index in [4.69, 9.17) is 4.74 Å². The zero-order chi connectivity index (χ0) is 14.2. The van der Waals surface area contributed by atoms with Crippen molar-refractivity contribution in [2.45, 2.75) is 39.2 Å². The molecular formula is C18H24O2. The predicted octanol–water partition coefficient (Wildman–Crippen LogP) is 3.59. The maximum atomic E-state index is 12.0. The summed E-state index contributed by atoms with van der Waals surface area (Å²) >= 11 is 0. The Kier molecular flexibility index (Phi) is 2.39. The lowest BCUT2D eigenvalue weighted by Gasteiger charge is -2.43. The van der Waals surface area contributed by atoms with E-state index in [0.717, 1.165) is 36.0 Å². The molecule has 4 aliphatic carbocycles. The van der Waals surface area contributed by atoms with Crippen LogP contribution in [0.15, 0.2) is 24.3 Å². The molecule has 0 aromatic carbocycles. The molecule has 8 atom stereocenters. The number of rotatable bonds is 2. The number of hydrogen-bond acceptors (Lipinski definition) is 2. The third-order valence-corrected chi connectivity index (χ3v) is 6.75. The van der Waals surface area contributed by atoms with E-state index in [2.05, 4.69) is 32.6 Å². The lowest BCUT2D eigenvalue weighted by molar-refractivity contribution is -0.163. The molecule has 108 valence electrons. The highest BCUT2D eigenvalue weighted by molar-refractivity contribution is 5.87. The van der Waals surface area contributed by atoms with Crippen LogP contribution in [0.5, 0.6) is 0 Å². The van der Waals surface area contributed by atoms with Crippen LogP contribution in [0.4, 0.5) is 0 Å². The van der Waals surface area contributed by atoms with Crippen LogP contribution in [-0.2, 0) is 9.53 Å². The first-order valence-electron chi connectivity index (χ1n) is 7.99. The molecule has 0 N–H and O–H groups in total. The van der Waals surface area contributed by atoms with E-state index in [1.54, 1.807) is 6.92 Å². The van der Waals surface area contributed by atoms with Crippen LogP contribution in [0.1, 0.15) is 33.6 Å². The van der Waals surface area contributed by atoms with E-state index in [9.17, 15) is 4.79 Å². The van der Waals surface area contributed by atoms with E-state index >= 15 is 0 Å². The van der Waals surface area contributed by atoms with Crippen LogP contribution in [0.3, 0.4) is 0 Å². The average Bonchev–Trinajstić information content (AvgIpc) is 3.07. The van der Waals surface area contributed by atoms with Crippen LogP contribution < -0.4 is 0 Å². The predicted molar refractivity (Wildman–Crippen MR) is 77.8 cm³/mol. The molecule has 2 nitrogen and oxygen atoms in total. The van der Waals surface area contributed by atoms with Crippen LogP contribution in [0.25, 0.3) is 0 Å². The van der Waals surface area contributed by atoms with E-state index in [0.29, 0.717) is 17.4 Å². The van der Waals surface area contributed by atoms with Gasteiger partial charge in [0, 0.05) is 11.5 Å². The Labute approximate surface area is 121 Å². The molecule has 20 heavy (non-hydrogen) atoms. The van der Waals surface area contributed by atoms with Crippen molar-refractivity contribution in [2.24, 2.45) is 41.4 Å². The fourth-order valence-electron chi connectivity index (χ4n) is 6.27. The molecule has 3 fully saturated rings. The van der Waals surface area contributed by atoms with Gasteiger partial charge in [0.1, 0.15) is 5.60 Å². The summed E-state index contributed by atoms with van der Waals surface area (Å²) in [6.45, 7) is 10.0.